The Hall–Kier alpha value is -2.34. The lowest BCUT2D eigenvalue weighted by Crippen LogP contribution is -2.34. The smallest absolute Gasteiger partial charge is 0.00713 e. The van der Waals surface area contributed by atoms with Crippen molar-refractivity contribution in [2.45, 2.75) is 66.2 Å². The van der Waals surface area contributed by atoms with Crippen LogP contribution in [0.4, 0.5) is 0 Å². The molecule has 0 nitrogen and oxygen atoms in total. The first-order valence-corrected chi connectivity index (χ1v) is 11.4. The zero-order valence-corrected chi connectivity index (χ0v) is 20.1. The van der Waals surface area contributed by atoms with Crippen molar-refractivity contribution in [3.05, 3.63) is 83.9 Å². The normalized spacial score (nSPS) is 12.6. The van der Waals surface area contributed by atoms with Gasteiger partial charge in [-0.2, -0.15) is 0 Å². The number of benzene rings is 3. The molecular weight excluding hydrogens is 360 g/mol. The molecule has 0 aliphatic carbocycles. The molecule has 0 radical (unpaired) electrons. The van der Waals surface area contributed by atoms with Crippen LogP contribution in [0.2, 0.25) is 0 Å². The van der Waals surface area contributed by atoms with Crippen molar-refractivity contribution < 1.29 is 0 Å². The first-order valence-electron chi connectivity index (χ1n) is 11.4. The van der Waals surface area contributed by atoms with Gasteiger partial charge in [0.05, 0.1) is 0 Å². The van der Waals surface area contributed by atoms with E-state index in [-0.39, 0.29) is 10.8 Å². The Kier molecular flexibility index (Phi) is 6.27. The van der Waals surface area contributed by atoms with E-state index >= 15 is 0 Å². The second kappa shape index (κ2) is 8.42. The molecule has 0 atom stereocenters. The predicted octanol–water partition coefficient (Wildman–Crippen LogP) is 8.89. The summed E-state index contributed by atoms with van der Waals surface area (Å²) in [7, 11) is 0. The van der Waals surface area contributed by atoms with Gasteiger partial charge in [0.15, 0.2) is 0 Å². The molecule has 0 saturated heterocycles. The lowest BCUT2D eigenvalue weighted by atomic mass is 9.62. The van der Waals surface area contributed by atoms with Crippen LogP contribution in [0.25, 0.3) is 22.3 Å². The lowest BCUT2D eigenvalue weighted by molar-refractivity contribution is 0.336. The zero-order chi connectivity index (χ0) is 22.1. The third-order valence-corrected chi connectivity index (χ3v) is 7.55. The summed E-state index contributed by atoms with van der Waals surface area (Å²) >= 11 is 0. The minimum atomic E-state index is 0.0391. The molecule has 30 heavy (non-hydrogen) atoms. The van der Waals surface area contributed by atoms with Gasteiger partial charge in [-0.3, -0.25) is 0 Å². The Balaban J connectivity index is 2.50. The summed E-state index contributed by atoms with van der Waals surface area (Å²) in [5.41, 5.74) is 8.45. The lowest BCUT2D eigenvalue weighted by Gasteiger charge is -2.42. The van der Waals surface area contributed by atoms with Crippen molar-refractivity contribution in [2.75, 3.05) is 0 Å². The van der Waals surface area contributed by atoms with Crippen LogP contribution in [-0.2, 0) is 10.8 Å². The maximum Gasteiger partial charge on any atom is -0.00713 e. The fourth-order valence-corrected chi connectivity index (χ4v) is 4.24. The van der Waals surface area contributed by atoms with E-state index in [0.29, 0.717) is 11.8 Å². The highest BCUT2D eigenvalue weighted by Gasteiger charge is 2.38. The highest BCUT2D eigenvalue weighted by Crippen LogP contribution is 2.49. The summed E-state index contributed by atoms with van der Waals surface area (Å²) in [5, 5.41) is 0. The minimum Gasteiger partial charge on any atom is -0.0622 e. The van der Waals surface area contributed by atoms with E-state index in [9.17, 15) is 0 Å². The van der Waals surface area contributed by atoms with Crippen LogP contribution in [0.1, 0.15) is 66.5 Å². The highest BCUT2D eigenvalue weighted by molar-refractivity contribution is 5.80. The number of rotatable bonds is 6. The van der Waals surface area contributed by atoms with Crippen molar-refractivity contribution in [1.82, 2.24) is 0 Å². The SMILES string of the molecule is CC(C)C(C)(C)c1c(-c2ccccc2)ccc(-c2ccccc2)c1C(C)(C)C(C)C. The standard InChI is InChI=1S/C30H38/c1-21(2)29(5,6)27-25(23-15-11-9-12-16-23)19-20-26(24-17-13-10-14-18-24)28(27)30(7,8)22(3)4/h9-22H,1-8H3. The monoisotopic (exact) mass is 398 g/mol. The average Bonchev–Trinajstić information content (AvgIpc) is 2.73. The van der Waals surface area contributed by atoms with Crippen molar-refractivity contribution >= 4 is 0 Å². The minimum absolute atomic E-state index is 0.0391. The summed E-state index contributed by atoms with van der Waals surface area (Å²) in [6.45, 7) is 19.1. The summed E-state index contributed by atoms with van der Waals surface area (Å²) in [4.78, 5) is 0. The fraction of sp³-hybridized carbons (Fsp3) is 0.400. The van der Waals surface area contributed by atoms with Crippen LogP contribution in [0, 0.1) is 11.8 Å². The van der Waals surface area contributed by atoms with Gasteiger partial charge in [0, 0.05) is 0 Å². The van der Waals surface area contributed by atoms with E-state index in [1.165, 1.54) is 33.4 Å². The van der Waals surface area contributed by atoms with E-state index < -0.39 is 0 Å². The Morgan fingerprint density at radius 2 is 0.767 bits per heavy atom. The van der Waals surface area contributed by atoms with Crippen molar-refractivity contribution in [2.24, 2.45) is 11.8 Å². The Morgan fingerprint density at radius 1 is 0.467 bits per heavy atom. The van der Waals surface area contributed by atoms with Crippen LogP contribution in [0.15, 0.2) is 72.8 Å². The first kappa shape index (κ1) is 22.3. The molecule has 0 amide bonds. The molecule has 0 heteroatoms. The molecule has 0 bridgehead atoms. The second-order valence-corrected chi connectivity index (χ2v) is 10.4. The maximum absolute atomic E-state index is 2.42. The summed E-state index contributed by atoms with van der Waals surface area (Å²) in [5.74, 6) is 1.04. The fourth-order valence-electron chi connectivity index (χ4n) is 4.24. The molecule has 0 saturated carbocycles. The van der Waals surface area contributed by atoms with E-state index in [1.807, 2.05) is 0 Å². The molecule has 0 aliphatic heterocycles. The van der Waals surface area contributed by atoms with Gasteiger partial charge in [0.25, 0.3) is 0 Å². The quantitative estimate of drug-likeness (QED) is 0.389. The van der Waals surface area contributed by atoms with E-state index in [0.717, 1.165) is 0 Å². The Morgan fingerprint density at radius 3 is 1.03 bits per heavy atom. The van der Waals surface area contributed by atoms with Gasteiger partial charge in [-0.15, -0.1) is 0 Å². The Bertz CT molecular complexity index is 891. The van der Waals surface area contributed by atoms with Crippen LogP contribution < -0.4 is 0 Å². The second-order valence-electron chi connectivity index (χ2n) is 10.4. The molecule has 0 N–H and O–H groups in total. The molecule has 0 unspecified atom stereocenters. The number of hydrogen-bond donors (Lipinski definition) is 0. The summed E-state index contributed by atoms with van der Waals surface area (Å²) in [6, 6.07) is 26.6. The van der Waals surface area contributed by atoms with Gasteiger partial charge in [-0.1, -0.05) is 128 Å². The third kappa shape index (κ3) is 3.97. The largest absolute Gasteiger partial charge is 0.0622 e. The Labute approximate surface area is 184 Å². The van der Waals surface area contributed by atoms with Gasteiger partial charge >= 0.3 is 0 Å². The van der Waals surface area contributed by atoms with Crippen LogP contribution in [-0.4, -0.2) is 0 Å². The molecule has 3 rings (SSSR count). The van der Waals surface area contributed by atoms with Gasteiger partial charge < -0.3 is 0 Å². The molecule has 158 valence electrons. The number of hydrogen-bond acceptors (Lipinski definition) is 0. The van der Waals surface area contributed by atoms with Crippen molar-refractivity contribution in [3.63, 3.8) is 0 Å². The highest BCUT2D eigenvalue weighted by atomic mass is 14.4. The third-order valence-electron chi connectivity index (χ3n) is 7.55. The van der Waals surface area contributed by atoms with Crippen molar-refractivity contribution in [1.29, 1.82) is 0 Å². The van der Waals surface area contributed by atoms with Crippen LogP contribution >= 0.6 is 0 Å². The molecule has 0 fully saturated rings. The molecular formula is C30H38. The molecule has 3 aromatic carbocycles. The summed E-state index contributed by atoms with van der Waals surface area (Å²) in [6.07, 6.45) is 0. The van der Waals surface area contributed by atoms with Crippen molar-refractivity contribution in [3.8, 4) is 22.3 Å². The van der Waals surface area contributed by atoms with Gasteiger partial charge in [-0.25, -0.2) is 0 Å². The maximum atomic E-state index is 2.42. The zero-order valence-electron chi connectivity index (χ0n) is 20.1. The van der Waals surface area contributed by atoms with E-state index in [4.69, 9.17) is 0 Å². The molecule has 3 aromatic rings. The van der Waals surface area contributed by atoms with Crippen LogP contribution in [0.3, 0.4) is 0 Å². The van der Waals surface area contributed by atoms with Gasteiger partial charge in [0.2, 0.25) is 0 Å². The van der Waals surface area contributed by atoms with E-state index in [1.54, 1.807) is 0 Å². The predicted molar refractivity (Wildman–Crippen MR) is 133 cm³/mol. The topological polar surface area (TPSA) is 0 Å². The average molecular weight is 399 g/mol. The molecule has 0 aromatic heterocycles. The van der Waals surface area contributed by atoms with E-state index in [2.05, 4.69) is 128 Å². The van der Waals surface area contributed by atoms with Crippen LogP contribution in [0.5, 0.6) is 0 Å². The van der Waals surface area contributed by atoms with Gasteiger partial charge in [0.1, 0.15) is 0 Å². The molecule has 0 spiro atoms. The van der Waals surface area contributed by atoms with Gasteiger partial charge in [-0.05, 0) is 56.0 Å². The molecule has 0 aliphatic rings. The summed E-state index contributed by atoms with van der Waals surface area (Å²) < 4.78 is 0. The molecule has 0 heterocycles. The first-order chi connectivity index (χ1) is 14.1.